The quantitative estimate of drug-likeness (QED) is 0.688. The second kappa shape index (κ2) is 8.36. The Balaban J connectivity index is 1.36. The van der Waals surface area contributed by atoms with E-state index in [0.717, 1.165) is 48.5 Å². The van der Waals surface area contributed by atoms with E-state index in [9.17, 15) is 4.79 Å². The highest BCUT2D eigenvalue weighted by Gasteiger charge is 2.22. The van der Waals surface area contributed by atoms with Crippen LogP contribution in [0.4, 0.5) is 5.69 Å². The van der Waals surface area contributed by atoms with Gasteiger partial charge >= 0.3 is 0 Å². The lowest BCUT2D eigenvalue weighted by Gasteiger charge is -2.22. The number of rotatable bonds is 4. The molecule has 1 N–H and O–H groups in total. The summed E-state index contributed by atoms with van der Waals surface area (Å²) < 4.78 is 7.47. The van der Waals surface area contributed by atoms with E-state index >= 15 is 0 Å². The molecule has 0 radical (unpaired) electrons. The van der Waals surface area contributed by atoms with Crippen molar-refractivity contribution in [3.8, 4) is 6.07 Å². The maximum atomic E-state index is 12.8. The molecule has 0 bridgehead atoms. The number of amides is 1. The number of anilines is 1. The highest BCUT2D eigenvalue weighted by atomic mass is 16.5. The summed E-state index contributed by atoms with van der Waals surface area (Å²) in [6.45, 7) is 3.91. The summed E-state index contributed by atoms with van der Waals surface area (Å²) in [5, 5.41) is 16.5. The molecule has 0 aliphatic carbocycles. The van der Waals surface area contributed by atoms with Crippen LogP contribution >= 0.6 is 0 Å². The van der Waals surface area contributed by atoms with Crippen molar-refractivity contribution >= 4 is 17.3 Å². The van der Waals surface area contributed by atoms with Gasteiger partial charge in [-0.15, -0.1) is 0 Å². The minimum absolute atomic E-state index is 0.302. The van der Waals surface area contributed by atoms with Crippen molar-refractivity contribution in [1.29, 1.82) is 5.26 Å². The molecule has 1 amide bonds. The highest BCUT2D eigenvalue weighted by Crippen LogP contribution is 2.28. The first-order valence-electron chi connectivity index (χ1n) is 10.6. The summed E-state index contributed by atoms with van der Waals surface area (Å²) in [6.07, 6.45) is 7.25. The molecule has 8 nitrogen and oxygen atoms in total. The minimum Gasteiger partial charge on any atom is -0.381 e. The van der Waals surface area contributed by atoms with Crippen molar-refractivity contribution in [3.05, 3.63) is 76.4 Å². The van der Waals surface area contributed by atoms with Gasteiger partial charge in [-0.2, -0.15) is 10.4 Å². The molecule has 0 atom stereocenters. The predicted octanol–water partition coefficient (Wildman–Crippen LogP) is 3.41. The molecule has 0 unspecified atom stereocenters. The molecule has 2 aromatic heterocycles. The second-order valence-electron chi connectivity index (χ2n) is 8.04. The number of benzene rings is 1. The third-order valence-corrected chi connectivity index (χ3v) is 5.89. The normalized spacial score (nSPS) is 15.7. The van der Waals surface area contributed by atoms with Crippen LogP contribution in [0, 0.1) is 18.3 Å². The Morgan fingerprint density at radius 2 is 2.09 bits per heavy atom. The Hall–Kier alpha value is -3.83. The number of aryl methyl sites for hydroxylation is 1. The van der Waals surface area contributed by atoms with E-state index in [0.29, 0.717) is 35.1 Å². The van der Waals surface area contributed by atoms with Crippen LogP contribution in [0.5, 0.6) is 0 Å². The minimum atomic E-state index is -0.309. The summed E-state index contributed by atoms with van der Waals surface area (Å²) in [4.78, 5) is 21.6. The molecule has 3 aromatic rings. The number of nitrogens with zero attached hydrogens (tertiary/aromatic N) is 5. The number of hydrogen-bond acceptors (Lipinski definition) is 6. The van der Waals surface area contributed by atoms with Crippen molar-refractivity contribution in [2.45, 2.75) is 32.4 Å². The van der Waals surface area contributed by atoms with E-state index < -0.39 is 0 Å². The van der Waals surface area contributed by atoms with Crippen LogP contribution in [0.2, 0.25) is 0 Å². The SMILES string of the molecule is Cc1cc(C#N)cnc1C(=O)Nc1ccc2c(c1)C(c1cnn(C3CCOCC3)c1)=NC2. The third-order valence-electron chi connectivity index (χ3n) is 5.89. The van der Waals surface area contributed by atoms with Crippen LogP contribution < -0.4 is 5.32 Å². The predicted molar refractivity (Wildman–Crippen MR) is 119 cm³/mol. The van der Waals surface area contributed by atoms with E-state index in [1.165, 1.54) is 6.20 Å². The molecule has 0 saturated carbocycles. The second-order valence-corrected chi connectivity index (χ2v) is 8.04. The van der Waals surface area contributed by atoms with Crippen molar-refractivity contribution in [3.63, 3.8) is 0 Å². The van der Waals surface area contributed by atoms with Crippen molar-refractivity contribution < 1.29 is 9.53 Å². The van der Waals surface area contributed by atoms with Crippen LogP contribution in [0.1, 0.15) is 57.2 Å². The summed E-state index contributed by atoms with van der Waals surface area (Å²) in [5.74, 6) is -0.309. The van der Waals surface area contributed by atoms with E-state index in [1.807, 2.05) is 35.1 Å². The summed E-state index contributed by atoms with van der Waals surface area (Å²) in [7, 11) is 0. The van der Waals surface area contributed by atoms with Crippen molar-refractivity contribution in [1.82, 2.24) is 14.8 Å². The largest absolute Gasteiger partial charge is 0.381 e. The van der Waals surface area contributed by atoms with Gasteiger partial charge in [-0.25, -0.2) is 4.98 Å². The Morgan fingerprint density at radius 3 is 2.88 bits per heavy atom. The number of hydrogen-bond donors (Lipinski definition) is 1. The number of fused-ring (bicyclic) bond motifs is 1. The van der Waals surface area contributed by atoms with E-state index in [-0.39, 0.29) is 5.91 Å². The summed E-state index contributed by atoms with van der Waals surface area (Å²) in [6, 6.07) is 9.86. The summed E-state index contributed by atoms with van der Waals surface area (Å²) in [5.41, 5.74) is 6.04. The lowest BCUT2D eigenvalue weighted by atomic mass is 10.0. The maximum Gasteiger partial charge on any atom is 0.274 e. The number of carbonyl (C=O) groups excluding carboxylic acids is 1. The average molecular weight is 426 g/mol. The monoisotopic (exact) mass is 426 g/mol. The summed E-state index contributed by atoms with van der Waals surface area (Å²) >= 11 is 0. The Morgan fingerprint density at radius 1 is 1.25 bits per heavy atom. The number of nitrogens with one attached hydrogen (secondary N) is 1. The van der Waals surface area contributed by atoms with Crippen molar-refractivity contribution in [2.24, 2.45) is 4.99 Å². The van der Waals surface area contributed by atoms with Gasteiger partial charge in [0.05, 0.1) is 30.1 Å². The van der Waals surface area contributed by atoms with E-state index in [2.05, 4.69) is 21.6 Å². The van der Waals surface area contributed by atoms with Gasteiger partial charge in [-0.05, 0) is 49.1 Å². The van der Waals surface area contributed by atoms with Gasteiger partial charge < -0.3 is 10.1 Å². The first kappa shape index (κ1) is 20.1. The molecule has 8 heteroatoms. The van der Waals surface area contributed by atoms with Gasteiger partial charge in [0.2, 0.25) is 0 Å². The molecule has 1 aromatic carbocycles. The van der Waals surface area contributed by atoms with Crippen LogP contribution in [0.15, 0.2) is 47.8 Å². The topological polar surface area (TPSA) is 105 Å². The molecular weight excluding hydrogens is 404 g/mol. The van der Waals surface area contributed by atoms with Crippen LogP contribution in [0.25, 0.3) is 0 Å². The third kappa shape index (κ3) is 3.79. The average Bonchev–Trinajstić information content (AvgIpc) is 3.46. The zero-order valence-electron chi connectivity index (χ0n) is 17.7. The van der Waals surface area contributed by atoms with E-state index in [4.69, 9.17) is 15.0 Å². The Bertz CT molecular complexity index is 1260. The fourth-order valence-corrected chi connectivity index (χ4v) is 4.18. The Kier molecular flexibility index (Phi) is 5.25. The van der Waals surface area contributed by atoms with Gasteiger partial charge in [0.25, 0.3) is 5.91 Å². The highest BCUT2D eigenvalue weighted by molar-refractivity contribution is 6.15. The van der Waals surface area contributed by atoms with E-state index in [1.54, 1.807) is 13.0 Å². The van der Waals surface area contributed by atoms with Gasteiger partial charge in [0.15, 0.2) is 0 Å². The molecule has 32 heavy (non-hydrogen) atoms. The van der Waals surface area contributed by atoms with Gasteiger partial charge in [-0.3, -0.25) is 14.5 Å². The lowest BCUT2D eigenvalue weighted by molar-refractivity contribution is 0.0662. The maximum absolute atomic E-state index is 12.8. The van der Waals surface area contributed by atoms with Gasteiger partial charge in [0.1, 0.15) is 11.8 Å². The van der Waals surface area contributed by atoms with Gasteiger partial charge in [0, 0.05) is 42.4 Å². The standard InChI is InChI=1S/C24H22N6O2/c1-15-8-16(10-25)11-26-22(15)24(31)29-19-3-2-17-12-27-23(21(17)9-19)18-13-28-30(14-18)20-4-6-32-7-5-20/h2-3,8-9,11,13-14,20H,4-7,12H2,1H3,(H,29,31). The molecule has 1 fully saturated rings. The first-order valence-corrected chi connectivity index (χ1v) is 10.6. The Labute approximate surface area is 185 Å². The molecule has 4 heterocycles. The fourth-order valence-electron chi connectivity index (χ4n) is 4.18. The number of aliphatic imine (C=N–C) groups is 1. The number of ether oxygens (including phenoxy) is 1. The molecule has 0 spiro atoms. The van der Waals surface area contributed by atoms with Crippen LogP contribution in [-0.2, 0) is 11.3 Å². The molecular formula is C24H22N6O2. The van der Waals surface area contributed by atoms with Gasteiger partial charge in [-0.1, -0.05) is 6.07 Å². The lowest BCUT2D eigenvalue weighted by Crippen LogP contribution is -2.19. The molecule has 2 aliphatic rings. The van der Waals surface area contributed by atoms with Crippen molar-refractivity contribution in [2.75, 3.05) is 18.5 Å². The number of pyridine rings is 1. The molecule has 2 aliphatic heterocycles. The smallest absolute Gasteiger partial charge is 0.274 e. The molecule has 5 rings (SSSR count). The number of carbonyl (C=O) groups is 1. The zero-order valence-corrected chi connectivity index (χ0v) is 17.7. The van der Waals surface area contributed by atoms with Crippen LogP contribution in [-0.4, -0.2) is 39.6 Å². The molecule has 160 valence electrons. The van der Waals surface area contributed by atoms with Crippen LogP contribution in [0.3, 0.4) is 0 Å². The number of nitriles is 1. The first-order chi connectivity index (χ1) is 15.6. The zero-order chi connectivity index (χ0) is 22.1. The number of aromatic nitrogens is 3. The molecule has 1 saturated heterocycles. The fraction of sp³-hybridized carbons (Fsp3) is 0.292.